The molecule has 1 aliphatic rings. The van der Waals surface area contributed by atoms with Crippen LogP contribution >= 0.6 is 0 Å². The molecule has 0 saturated heterocycles. The number of hydrogen-bond donors (Lipinski definition) is 0. The molecule has 0 radical (unpaired) electrons. The molecule has 1 nitrogen and oxygen atoms in total. The first-order valence-electron chi connectivity index (χ1n) is 3.42. The zero-order valence-corrected chi connectivity index (χ0v) is 5.86. The lowest BCUT2D eigenvalue weighted by Crippen LogP contribution is -2.27. The molecule has 58 valence electrons. The SMILES string of the molecule is CC(=O)C1CCCC1(F)F. The van der Waals surface area contributed by atoms with Crippen LogP contribution in [-0.4, -0.2) is 11.7 Å². The topological polar surface area (TPSA) is 17.1 Å². The average molecular weight is 148 g/mol. The largest absolute Gasteiger partial charge is 0.299 e. The molecule has 1 saturated carbocycles. The lowest BCUT2D eigenvalue weighted by atomic mass is 10.0. The molecule has 1 rings (SSSR count). The standard InChI is InChI=1S/C7H10F2O/c1-5(10)6-3-2-4-7(6,8)9/h6H,2-4H2,1H3. The van der Waals surface area contributed by atoms with Crippen LogP contribution in [0.1, 0.15) is 26.2 Å². The molecule has 0 bridgehead atoms. The van der Waals surface area contributed by atoms with Crippen LogP contribution in [0.25, 0.3) is 0 Å². The molecule has 0 spiro atoms. The van der Waals surface area contributed by atoms with E-state index in [1.165, 1.54) is 6.92 Å². The Morgan fingerprint density at radius 3 is 2.40 bits per heavy atom. The number of ketones is 1. The Balaban J connectivity index is 2.68. The number of carbonyl (C=O) groups is 1. The smallest absolute Gasteiger partial charge is 0.257 e. The number of hydrogen-bond acceptors (Lipinski definition) is 1. The Morgan fingerprint density at radius 2 is 2.20 bits per heavy atom. The first-order chi connectivity index (χ1) is 4.54. The number of halogens is 2. The molecule has 0 amide bonds. The van der Waals surface area contributed by atoms with Crippen molar-refractivity contribution in [1.82, 2.24) is 0 Å². The molecule has 0 aromatic heterocycles. The highest BCUT2D eigenvalue weighted by molar-refractivity contribution is 5.79. The Hall–Kier alpha value is -0.470. The average Bonchev–Trinajstić information content (AvgIpc) is 2.08. The highest BCUT2D eigenvalue weighted by Gasteiger charge is 2.46. The van der Waals surface area contributed by atoms with Crippen LogP contribution in [0.3, 0.4) is 0 Å². The molecule has 10 heavy (non-hydrogen) atoms. The van der Waals surface area contributed by atoms with Gasteiger partial charge in [-0.2, -0.15) is 0 Å². The molecular formula is C7H10F2O. The Labute approximate surface area is 58.4 Å². The minimum Gasteiger partial charge on any atom is -0.299 e. The summed E-state index contributed by atoms with van der Waals surface area (Å²) >= 11 is 0. The van der Waals surface area contributed by atoms with Crippen molar-refractivity contribution in [2.45, 2.75) is 32.1 Å². The van der Waals surface area contributed by atoms with Crippen LogP contribution in [0, 0.1) is 5.92 Å². The second kappa shape index (κ2) is 2.29. The van der Waals surface area contributed by atoms with Gasteiger partial charge >= 0.3 is 0 Å². The molecule has 0 heterocycles. The molecule has 0 aromatic rings. The first-order valence-corrected chi connectivity index (χ1v) is 3.42. The number of rotatable bonds is 1. The van der Waals surface area contributed by atoms with Crippen LogP contribution in [0.4, 0.5) is 8.78 Å². The van der Waals surface area contributed by atoms with E-state index in [9.17, 15) is 13.6 Å². The van der Waals surface area contributed by atoms with Gasteiger partial charge in [-0.15, -0.1) is 0 Å². The van der Waals surface area contributed by atoms with Crippen molar-refractivity contribution < 1.29 is 13.6 Å². The van der Waals surface area contributed by atoms with E-state index in [-0.39, 0.29) is 12.2 Å². The molecule has 1 fully saturated rings. The van der Waals surface area contributed by atoms with Gasteiger partial charge in [0.2, 0.25) is 0 Å². The quantitative estimate of drug-likeness (QED) is 0.556. The molecule has 1 unspecified atom stereocenters. The van der Waals surface area contributed by atoms with Crippen molar-refractivity contribution in [2.75, 3.05) is 0 Å². The summed E-state index contributed by atoms with van der Waals surface area (Å²) in [6.45, 7) is 1.24. The maximum atomic E-state index is 12.6. The first kappa shape index (κ1) is 7.63. The van der Waals surface area contributed by atoms with Gasteiger partial charge in [0.25, 0.3) is 5.92 Å². The van der Waals surface area contributed by atoms with Crippen LogP contribution < -0.4 is 0 Å². The summed E-state index contributed by atoms with van der Waals surface area (Å²) in [6, 6.07) is 0. The lowest BCUT2D eigenvalue weighted by molar-refractivity contribution is -0.131. The van der Waals surface area contributed by atoms with Crippen molar-refractivity contribution in [2.24, 2.45) is 5.92 Å². The number of alkyl halides is 2. The normalized spacial score (nSPS) is 30.5. The summed E-state index contributed by atoms with van der Waals surface area (Å²) < 4.78 is 25.3. The van der Waals surface area contributed by atoms with E-state index in [2.05, 4.69) is 0 Å². The van der Waals surface area contributed by atoms with Gasteiger partial charge < -0.3 is 0 Å². The van der Waals surface area contributed by atoms with Crippen molar-refractivity contribution >= 4 is 5.78 Å². The van der Waals surface area contributed by atoms with Crippen molar-refractivity contribution in [3.05, 3.63) is 0 Å². The minimum atomic E-state index is -2.72. The summed E-state index contributed by atoms with van der Waals surface area (Å²) in [4.78, 5) is 10.6. The summed E-state index contributed by atoms with van der Waals surface area (Å²) in [6.07, 6.45) is 0.733. The van der Waals surface area contributed by atoms with E-state index in [1.54, 1.807) is 0 Å². The highest BCUT2D eigenvalue weighted by atomic mass is 19.3. The third-order valence-electron chi connectivity index (χ3n) is 2.00. The predicted molar refractivity (Wildman–Crippen MR) is 33.0 cm³/mol. The molecule has 3 heteroatoms. The molecule has 0 aromatic carbocycles. The van der Waals surface area contributed by atoms with Gasteiger partial charge in [-0.05, 0) is 19.8 Å². The minimum absolute atomic E-state index is 0.114. The zero-order chi connectivity index (χ0) is 7.78. The fourth-order valence-electron chi connectivity index (χ4n) is 1.43. The fraction of sp³-hybridized carbons (Fsp3) is 0.857. The fourth-order valence-corrected chi connectivity index (χ4v) is 1.43. The third kappa shape index (κ3) is 1.18. The van der Waals surface area contributed by atoms with Crippen LogP contribution in [-0.2, 0) is 4.79 Å². The van der Waals surface area contributed by atoms with E-state index >= 15 is 0 Å². The van der Waals surface area contributed by atoms with Crippen LogP contribution in [0.5, 0.6) is 0 Å². The van der Waals surface area contributed by atoms with Gasteiger partial charge in [0, 0.05) is 6.42 Å². The maximum Gasteiger partial charge on any atom is 0.257 e. The third-order valence-corrected chi connectivity index (χ3v) is 2.00. The van der Waals surface area contributed by atoms with Crippen LogP contribution in [0.15, 0.2) is 0 Å². The molecule has 1 atom stereocenters. The van der Waals surface area contributed by atoms with Gasteiger partial charge in [-0.1, -0.05) is 0 Å². The van der Waals surface area contributed by atoms with Crippen LogP contribution in [0.2, 0.25) is 0 Å². The van der Waals surface area contributed by atoms with E-state index < -0.39 is 11.8 Å². The number of carbonyl (C=O) groups excluding carboxylic acids is 1. The maximum absolute atomic E-state index is 12.6. The van der Waals surface area contributed by atoms with Crippen molar-refractivity contribution in [1.29, 1.82) is 0 Å². The van der Waals surface area contributed by atoms with E-state index in [0.717, 1.165) is 0 Å². The Bertz CT molecular complexity index is 154. The van der Waals surface area contributed by atoms with Gasteiger partial charge in [0.15, 0.2) is 0 Å². The molecule has 0 N–H and O–H groups in total. The lowest BCUT2D eigenvalue weighted by Gasteiger charge is -2.14. The summed E-state index contributed by atoms with van der Waals surface area (Å²) in [7, 11) is 0. The van der Waals surface area contributed by atoms with Crippen molar-refractivity contribution in [3.8, 4) is 0 Å². The van der Waals surface area contributed by atoms with Crippen molar-refractivity contribution in [3.63, 3.8) is 0 Å². The van der Waals surface area contributed by atoms with Gasteiger partial charge in [-0.25, -0.2) is 8.78 Å². The second-order valence-electron chi connectivity index (χ2n) is 2.82. The van der Waals surface area contributed by atoms with Gasteiger partial charge in [0.05, 0.1) is 5.92 Å². The summed E-state index contributed by atoms with van der Waals surface area (Å²) in [5.74, 6) is -4.08. The van der Waals surface area contributed by atoms with Gasteiger partial charge in [0.1, 0.15) is 5.78 Å². The Kier molecular flexibility index (Phi) is 1.75. The summed E-state index contributed by atoms with van der Waals surface area (Å²) in [5.41, 5.74) is 0. The van der Waals surface area contributed by atoms with E-state index in [1.807, 2.05) is 0 Å². The Morgan fingerprint density at radius 1 is 1.60 bits per heavy atom. The van der Waals surface area contributed by atoms with E-state index in [0.29, 0.717) is 12.8 Å². The molecule has 0 aliphatic heterocycles. The zero-order valence-electron chi connectivity index (χ0n) is 5.86. The predicted octanol–water partition coefficient (Wildman–Crippen LogP) is 2.01. The second-order valence-corrected chi connectivity index (χ2v) is 2.82. The number of Topliss-reactive ketones (excluding diaryl/α,β-unsaturated/α-hetero) is 1. The highest BCUT2D eigenvalue weighted by Crippen LogP contribution is 2.40. The van der Waals surface area contributed by atoms with E-state index in [4.69, 9.17) is 0 Å². The molecule has 1 aliphatic carbocycles. The summed E-state index contributed by atoms with van der Waals surface area (Å²) in [5, 5.41) is 0. The molecular weight excluding hydrogens is 138 g/mol. The van der Waals surface area contributed by atoms with Gasteiger partial charge in [-0.3, -0.25) is 4.79 Å². The monoisotopic (exact) mass is 148 g/mol.